The molecule has 2 heterocycles. The SMILES string of the molecule is CNC1CCN(c2ccnc(C)c2Cl)C1. The lowest BCUT2D eigenvalue weighted by Gasteiger charge is -2.20. The highest BCUT2D eigenvalue weighted by atomic mass is 35.5. The van der Waals surface area contributed by atoms with Crippen LogP contribution in [0.5, 0.6) is 0 Å². The predicted octanol–water partition coefficient (Wildman–Crippen LogP) is 1.84. The van der Waals surface area contributed by atoms with E-state index < -0.39 is 0 Å². The zero-order chi connectivity index (χ0) is 10.8. The summed E-state index contributed by atoms with van der Waals surface area (Å²) >= 11 is 6.24. The van der Waals surface area contributed by atoms with E-state index in [1.54, 1.807) is 0 Å². The summed E-state index contributed by atoms with van der Waals surface area (Å²) in [7, 11) is 2.01. The van der Waals surface area contributed by atoms with Gasteiger partial charge in [-0.05, 0) is 26.5 Å². The van der Waals surface area contributed by atoms with E-state index in [2.05, 4.69) is 15.2 Å². The van der Waals surface area contributed by atoms with Crippen LogP contribution in [0.4, 0.5) is 5.69 Å². The van der Waals surface area contributed by atoms with Gasteiger partial charge in [-0.15, -0.1) is 0 Å². The van der Waals surface area contributed by atoms with E-state index in [1.165, 1.54) is 6.42 Å². The fraction of sp³-hybridized carbons (Fsp3) is 0.545. The average molecular weight is 226 g/mol. The van der Waals surface area contributed by atoms with Crippen molar-refractivity contribution in [2.45, 2.75) is 19.4 Å². The highest BCUT2D eigenvalue weighted by molar-refractivity contribution is 6.33. The molecule has 4 heteroatoms. The zero-order valence-electron chi connectivity index (χ0n) is 9.13. The van der Waals surface area contributed by atoms with Crippen LogP contribution in [0.25, 0.3) is 0 Å². The molecule has 15 heavy (non-hydrogen) atoms. The van der Waals surface area contributed by atoms with Gasteiger partial charge < -0.3 is 10.2 Å². The molecule has 1 fully saturated rings. The van der Waals surface area contributed by atoms with Crippen molar-refractivity contribution in [3.63, 3.8) is 0 Å². The summed E-state index contributed by atoms with van der Waals surface area (Å²) in [6.07, 6.45) is 3.00. The summed E-state index contributed by atoms with van der Waals surface area (Å²) in [5, 5.41) is 4.08. The van der Waals surface area contributed by atoms with Crippen molar-refractivity contribution in [3.8, 4) is 0 Å². The molecule has 1 N–H and O–H groups in total. The number of rotatable bonds is 2. The fourth-order valence-electron chi connectivity index (χ4n) is 1.99. The van der Waals surface area contributed by atoms with Crippen LogP contribution in [0.15, 0.2) is 12.3 Å². The third kappa shape index (κ3) is 2.08. The zero-order valence-corrected chi connectivity index (χ0v) is 9.88. The van der Waals surface area contributed by atoms with E-state index in [4.69, 9.17) is 11.6 Å². The standard InChI is InChI=1S/C11H16ClN3/c1-8-11(12)10(3-5-14-8)15-6-4-9(7-15)13-2/h3,5,9,13H,4,6-7H2,1-2H3. The number of halogens is 1. The van der Waals surface area contributed by atoms with E-state index in [1.807, 2.05) is 26.2 Å². The summed E-state index contributed by atoms with van der Waals surface area (Å²) < 4.78 is 0. The third-order valence-corrected chi connectivity index (χ3v) is 3.45. The summed E-state index contributed by atoms with van der Waals surface area (Å²) in [5.74, 6) is 0. The first-order valence-corrected chi connectivity index (χ1v) is 5.63. The van der Waals surface area contributed by atoms with Crippen molar-refractivity contribution in [3.05, 3.63) is 23.0 Å². The lowest BCUT2D eigenvalue weighted by Crippen LogP contribution is -2.29. The molecule has 1 aliphatic rings. The first-order chi connectivity index (χ1) is 7.22. The van der Waals surface area contributed by atoms with Crippen molar-refractivity contribution in [2.75, 3.05) is 25.0 Å². The van der Waals surface area contributed by atoms with Crippen LogP contribution in [0.3, 0.4) is 0 Å². The van der Waals surface area contributed by atoms with Gasteiger partial charge in [0.05, 0.1) is 16.4 Å². The maximum absolute atomic E-state index is 6.24. The topological polar surface area (TPSA) is 28.2 Å². The van der Waals surface area contributed by atoms with Gasteiger partial charge in [0.15, 0.2) is 0 Å². The summed E-state index contributed by atoms with van der Waals surface area (Å²) in [6.45, 7) is 4.03. The number of likely N-dealkylation sites (N-methyl/N-ethyl adjacent to an activating group) is 1. The van der Waals surface area contributed by atoms with Crippen LogP contribution in [-0.2, 0) is 0 Å². The second-order valence-corrected chi connectivity index (χ2v) is 4.33. The minimum absolute atomic E-state index is 0.578. The number of hydrogen-bond acceptors (Lipinski definition) is 3. The Morgan fingerprint density at radius 1 is 1.60 bits per heavy atom. The number of aromatic nitrogens is 1. The second-order valence-electron chi connectivity index (χ2n) is 3.95. The largest absolute Gasteiger partial charge is 0.369 e. The Morgan fingerprint density at radius 2 is 2.40 bits per heavy atom. The number of anilines is 1. The molecule has 3 nitrogen and oxygen atoms in total. The summed E-state index contributed by atoms with van der Waals surface area (Å²) in [6, 6.07) is 2.57. The van der Waals surface area contributed by atoms with Crippen LogP contribution in [0.1, 0.15) is 12.1 Å². The van der Waals surface area contributed by atoms with E-state index in [-0.39, 0.29) is 0 Å². The third-order valence-electron chi connectivity index (χ3n) is 2.98. The van der Waals surface area contributed by atoms with Crippen LogP contribution < -0.4 is 10.2 Å². The molecule has 0 spiro atoms. The molecule has 0 radical (unpaired) electrons. The highest BCUT2D eigenvalue weighted by Gasteiger charge is 2.23. The van der Waals surface area contributed by atoms with Gasteiger partial charge in [0.2, 0.25) is 0 Å². The van der Waals surface area contributed by atoms with Crippen molar-refractivity contribution < 1.29 is 0 Å². The fourth-order valence-corrected chi connectivity index (χ4v) is 2.23. The van der Waals surface area contributed by atoms with Crippen LogP contribution in [0, 0.1) is 6.92 Å². The van der Waals surface area contributed by atoms with Gasteiger partial charge in [-0.1, -0.05) is 11.6 Å². The van der Waals surface area contributed by atoms with E-state index in [9.17, 15) is 0 Å². The molecule has 1 aromatic heterocycles. The Hall–Kier alpha value is -0.800. The smallest absolute Gasteiger partial charge is 0.0851 e. The molecule has 0 aliphatic carbocycles. The van der Waals surface area contributed by atoms with E-state index in [0.717, 1.165) is 29.5 Å². The summed E-state index contributed by atoms with van der Waals surface area (Å²) in [5.41, 5.74) is 2.02. The molecule has 0 bridgehead atoms. The molecular formula is C11H16ClN3. The van der Waals surface area contributed by atoms with Gasteiger partial charge in [-0.2, -0.15) is 0 Å². The van der Waals surface area contributed by atoms with Crippen molar-refractivity contribution in [2.24, 2.45) is 0 Å². The lowest BCUT2D eigenvalue weighted by molar-refractivity contribution is 0.617. The van der Waals surface area contributed by atoms with Crippen LogP contribution >= 0.6 is 11.6 Å². The maximum atomic E-state index is 6.24. The summed E-state index contributed by atoms with van der Waals surface area (Å²) in [4.78, 5) is 6.49. The Morgan fingerprint density at radius 3 is 3.07 bits per heavy atom. The van der Waals surface area contributed by atoms with Gasteiger partial charge in [-0.3, -0.25) is 4.98 Å². The number of nitrogens with one attached hydrogen (secondary N) is 1. The monoisotopic (exact) mass is 225 g/mol. The van der Waals surface area contributed by atoms with E-state index in [0.29, 0.717) is 6.04 Å². The maximum Gasteiger partial charge on any atom is 0.0851 e. The van der Waals surface area contributed by atoms with Gasteiger partial charge in [0, 0.05) is 25.3 Å². The second kappa shape index (κ2) is 4.37. The first-order valence-electron chi connectivity index (χ1n) is 5.25. The Bertz CT molecular complexity index is 354. The van der Waals surface area contributed by atoms with Crippen LogP contribution in [-0.4, -0.2) is 31.2 Å². The van der Waals surface area contributed by atoms with Crippen molar-refractivity contribution in [1.82, 2.24) is 10.3 Å². The normalized spacial score (nSPS) is 21.0. The van der Waals surface area contributed by atoms with Gasteiger partial charge >= 0.3 is 0 Å². The quantitative estimate of drug-likeness (QED) is 0.833. The minimum Gasteiger partial charge on any atom is -0.369 e. The molecule has 0 saturated carbocycles. The Kier molecular flexibility index (Phi) is 3.12. The molecule has 1 atom stereocenters. The molecule has 0 amide bonds. The molecule has 1 aromatic rings. The van der Waals surface area contributed by atoms with Crippen molar-refractivity contribution in [1.29, 1.82) is 0 Å². The molecule has 1 aliphatic heterocycles. The minimum atomic E-state index is 0.578. The van der Waals surface area contributed by atoms with Gasteiger partial charge in [0.25, 0.3) is 0 Å². The molecular weight excluding hydrogens is 210 g/mol. The Balaban J connectivity index is 2.20. The van der Waals surface area contributed by atoms with E-state index >= 15 is 0 Å². The molecule has 0 aromatic carbocycles. The lowest BCUT2D eigenvalue weighted by atomic mass is 10.3. The van der Waals surface area contributed by atoms with Crippen molar-refractivity contribution >= 4 is 17.3 Å². The average Bonchev–Trinajstić information content (AvgIpc) is 2.70. The predicted molar refractivity (Wildman–Crippen MR) is 63.7 cm³/mol. The highest BCUT2D eigenvalue weighted by Crippen LogP contribution is 2.29. The first kappa shape index (κ1) is 10.7. The number of aryl methyl sites for hydroxylation is 1. The number of pyridine rings is 1. The number of nitrogens with zero attached hydrogens (tertiary/aromatic N) is 2. The van der Waals surface area contributed by atoms with Gasteiger partial charge in [-0.25, -0.2) is 0 Å². The molecule has 1 unspecified atom stereocenters. The number of hydrogen-bond donors (Lipinski definition) is 1. The molecule has 2 rings (SSSR count). The van der Waals surface area contributed by atoms with Crippen LogP contribution in [0.2, 0.25) is 5.02 Å². The van der Waals surface area contributed by atoms with Gasteiger partial charge in [0.1, 0.15) is 0 Å². The molecule has 1 saturated heterocycles. The Labute approximate surface area is 95.4 Å². The molecule has 82 valence electrons.